The Hall–Kier alpha value is -3.60. The van der Waals surface area contributed by atoms with Gasteiger partial charge in [-0.15, -0.1) is 0 Å². The quantitative estimate of drug-likeness (QED) is 0.633. The lowest BCUT2D eigenvalue weighted by molar-refractivity contribution is 0.0964. The zero-order valence-corrected chi connectivity index (χ0v) is 14.1. The number of anilines is 1. The van der Waals surface area contributed by atoms with Crippen molar-refractivity contribution in [3.63, 3.8) is 0 Å². The molecule has 0 radical (unpaired) electrons. The first-order chi connectivity index (χ1) is 12.6. The average molecular weight is 345 g/mol. The third kappa shape index (κ3) is 4.08. The van der Waals surface area contributed by atoms with E-state index in [1.165, 1.54) is 0 Å². The zero-order chi connectivity index (χ0) is 18.4. The molecule has 4 N–H and O–H groups in total. The Morgan fingerprint density at radius 2 is 1.23 bits per heavy atom. The summed E-state index contributed by atoms with van der Waals surface area (Å²) in [6.45, 7) is 0. The lowest BCUT2D eigenvalue weighted by Gasteiger charge is -2.20. The SMILES string of the molecule is Nc1ccccc1C(=O)NC(=O)NC(c1ccccc1)c1ccccc1. The van der Waals surface area contributed by atoms with Crippen LogP contribution in [0.5, 0.6) is 0 Å². The standard InChI is InChI=1S/C21H19N3O2/c22-18-14-8-7-13-17(18)20(25)24-21(26)23-19(15-9-3-1-4-10-15)16-11-5-2-6-12-16/h1-14,19H,22H2,(H2,23,24,25,26). The normalized spacial score (nSPS) is 10.3. The first-order valence-corrected chi connectivity index (χ1v) is 8.21. The summed E-state index contributed by atoms with van der Waals surface area (Å²) in [6.07, 6.45) is 0. The maximum Gasteiger partial charge on any atom is 0.322 e. The van der Waals surface area contributed by atoms with Crippen LogP contribution in [-0.4, -0.2) is 11.9 Å². The van der Waals surface area contributed by atoms with Crippen molar-refractivity contribution in [1.82, 2.24) is 10.6 Å². The molecule has 0 spiro atoms. The van der Waals surface area contributed by atoms with Crippen LogP contribution < -0.4 is 16.4 Å². The van der Waals surface area contributed by atoms with E-state index in [0.717, 1.165) is 11.1 Å². The van der Waals surface area contributed by atoms with E-state index < -0.39 is 11.9 Å². The second-order valence-corrected chi connectivity index (χ2v) is 5.77. The second-order valence-electron chi connectivity index (χ2n) is 5.77. The number of rotatable bonds is 4. The highest BCUT2D eigenvalue weighted by Gasteiger charge is 2.19. The van der Waals surface area contributed by atoms with Crippen LogP contribution in [0.3, 0.4) is 0 Å². The van der Waals surface area contributed by atoms with Crippen molar-refractivity contribution in [2.24, 2.45) is 0 Å². The van der Waals surface area contributed by atoms with E-state index in [2.05, 4.69) is 10.6 Å². The Kier molecular flexibility index (Phi) is 5.29. The Balaban J connectivity index is 1.78. The summed E-state index contributed by atoms with van der Waals surface area (Å²) in [5.41, 5.74) is 8.20. The minimum atomic E-state index is -0.587. The molecular weight excluding hydrogens is 326 g/mol. The molecule has 130 valence electrons. The minimum absolute atomic E-state index is 0.263. The third-order valence-electron chi connectivity index (χ3n) is 3.97. The van der Waals surface area contributed by atoms with Gasteiger partial charge in [0, 0.05) is 5.69 Å². The van der Waals surface area contributed by atoms with Crippen LogP contribution in [0.2, 0.25) is 0 Å². The maximum absolute atomic E-state index is 12.4. The van der Waals surface area contributed by atoms with Gasteiger partial charge in [0.2, 0.25) is 0 Å². The molecule has 0 aliphatic rings. The van der Waals surface area contributed by atoms with Gasteiger partial charge in [-0.3, -0.25) is 10.1 Å². The fraction of sp³-hybridized carbons (Fsp3) is 0.0476. The van der Waals surface area contributed by atoms with Crippen molar-refractivity contribution in [2.75, 3.05) is 5.73 Å². The van der Waals surface area contributed by atoms with Crippen LogP contribution in [-0.2, 0) is 0 Å². The molecule has 0 saturated carbocycles. The zero-order valence-electron chi connectivity index (χ0n) is 14.1. The van der Waals surface area contributed by atoms with E-state index >= 15 is 0 Å². The fourth-order valence-corrected chi connectivity index (χ4v) is 2.69. The molecule has 0 saturated heterocycles. The summed E-state index contributed by atoms with van der Waals surface area (Å²) in [5.74, 6) is -0.541. The Bertz CT molecular complexity index is 856. The van der Waals surface area contributed by atoms with Crippen LogP contribution in [0.25, 0.3) is 0 Å². The minimum Gasteiger partial charge on any atom is -0.398 e. The summed E-state index contributed by atoms with van der Waals surface area (Å²) in [4.78, 5) is 24.7. The van der Waals surface area contributed by atoms with Gasteiger partial charge in [-0.1, -0.05) is 72.8 Å². The van der Waals surface area contributed by atoms with E-state index in [0.29, 0.717) is 5.69 Å². The molecule has 3 aromatic carbocycles. The molecule has 0 aromatic heterocycles. The second kappa shape index (κ2) is 7.98. The number of amides is 3. The lowest BCUT2D eigenvalue weighted by Crippen LogP contribution is -2.41. The Morgan fingerprint density at radius 1 is 0.731 bits per heavy atom. The van der Waals surface area contributed by atoms with E-state index in [1.54, 1.807) is 24.3 Å². The fourth-order valence-electron chi connectivity index (χ4n) is 2.69. The number of nitrogens with two attached hydrogens (primary N) is 1. The van der Waals surface area contributed by atoms with Gasteiger partial charge in [-0.05, 0) is 23.3 Å². The highest BCUT2D eigenvalue weighted by molar-refractivity contribution is 6.07. The topological polar surface area (TPSA) is 84.2 Å². The van der Waals surface area contributed by atoms with Gasteiger partial charge in [0.05, 0.1) is 11.6 Å². The largest absolute Gasteiger partial charge is 0.398 e. The van der Waals surface area contributed by atoms with Crippen LogP contribution in [0, 0.1) is 0 Å². The molecule has 26 heavy (non-hydrogen) atoms. The first kappa shape index (κ1) is 17.2. The molecular formula is C21H19N3O2. The van der Waals surface area contributed by atoms with E-state index in [9.17, 15) is 9.59 Å². The number of hydrogen-bond acceptors (Lipinski definition) is 3. The number of nitrogen functional groups attached to an aromatic ring is 1. The third-order valence-corrected chi connectivity index (χ3v) is 3.97. The molecule has 3 amide bonds. The summed E-state index contributed by atoms with van der Waals surface area (Å²) in [7, 11) is 0. The lowest BCUT2D eigenvalue weighted by atomic mass is 9.99. The molecule has 3 rings (SSSR count). The van der Waals surface area contributed by atoms with Crippen molar-refractivity contribution in [3.05, 3.63) is 102 Å². The van der Waals surface area contributed by atoms with Gasteiger partial charge >= 0.3 is 6.03 Å². The van der Waals surface area contributed by atoms with Crippen LogP contribution >= 0.6 is 0 Å². The predicted molar refractivity (Wildman–Crippen MR) is 102 cm³/mol. The van der Waals surface area contributed by atoms with E-state index in [4.69, 9.17) is 5.73 Å². The molecule has 0 aliphatic heterocycles. The number of carbonyl (C=O) groups excluding carboxylic acids is 2. The van der Waals surface area contributed by atoms with Gasteiger partial charge in [-0.25, -0.2) is 4.79 Å². The molecule has 5 heteroatoms. The van der Waals surface area contributed by atoms with E-state index in [1.807, 2.05) is 60.7 Å². The summed E-state index contributed by atoms with van der Waals surface area (Å²) in [6, 6.07) is 24.8. The molecule has 0 heterocycles. The number of nitrogens with one attached hydrogen (secondary N) is 2. The summed E-state index contributed by atoms with van der Waals surface area (Å²) in [5, 5.41) is 5.20. The van der Waals surface area contributed by atoms with Crippen molar-refractivity contribution >= 4 is 17.6 Å². The first-order valence-electron chi connectivity index (χ1n) is 8.21. The smallest absolute Gasteiger partial charge is 0.322 e. The number of carbonyl (C=O) groups is 2. The van der Waals surface area contributed by atoms with Crippen molar-refractivity contribution in [3.8, 4) is 0 Å². The Labute approximate surface area is 151 Å². The average Bonchev–Trinajstić information content (AvgIpc) is 2.68. The molecule has 0 fully saturated rings. The van der Waals surface area contributed by atoms with Gasteiger partial charge in [-0.2, -0.15) is 0 Å². The number of imide groups is 1. The molecule has 5 nitrogen and oxygen atoms in total. The van der Waals surface area contributed by atoms with Crippen LogP contribution in [0.1, 0.15) is 27.5 Å². The van der Waals surface area contributed by atoms with Crippen molar-refractivity contribution in [1.29, 1.82) is 0 Å². The molecule has 0 aliphatic carbocycles. The summed E-state index contributed by atoms with van der Waals surface area (Å²) >= 11 is 0. The van der Waals surface area contributed by atoms with Crippen molar-refractivity contribution in [2.45, 2.75) is 6.04 Å². The molecule has 0 unspecified atom stereocenters. The molecule has 0 atom stereocenters. The number of urea groups is 1. The number of para-hydroxylation sites is 1. The van der Waals surface area contributed by atoms with E-state index in [-0.39, 0.29) is 11.6 Å². The molecule has 0 bridgehead atoms. The highest BCUT2D eigenvalue weighted by atomic mass is 16.2. The van der Waals surface area contributed by atoms with Gasteiger partial charge in [0.1, 0.15) is 0 Å². The van der Waals surface area contributed by atoms with Gasteiger partial charge < -0.3 is 11.1 Å². The van der Waals surface area contributed by atoms with Crippen LogP contribution in [0.4, 0.5) is 10.5 Å². The van der Waals surface area contributed by atoms with Gasteiger partial charge in [0.15, 0.2) is 0 Å². The predicted octanol–water partition coefficient (Wildman–Crippen LogP) is 3.50. The number of benzene rings is 3. The Morgan fingerprint density at radius 3 is 1.77 bits per heavy atom. The summed E-state index contributed by atoms with van der Waals surface area (Å²) < 4.78 is 0. The van der Waals surface area contributed by atoms with Crippen LogP contribution in [0.15, 0.2) is 84.9 Å². The van der Waals surface area contributed by atoms with Gasteiger partial charge in [0.25, 0.3) is 5.91 Å². The highest BCUT2D eigenvalue weighted by Crippen LogP contribution is 2.21. The monoisotopic (exact) mass is 345 g/mol. The number of hydrogen-bond donors (Lipinski definition) is 3. The molecule has 3 aromatic rings. The van der Waals surface area contributed by atoms with Crippen molar-refractivity contribution < 1.29 is 9.59 Å². The maximum atomic E-state index is 12.4.